The van der Waals surface area contributed by atoms with Gasteiger partial charge in [-0.15, -0.1) is 0 Å². The summed E-state index contributed by atoms with van der Waals surface area (Å²) >= 11 is 0. The Hall–Kier alpha value is -2.09. The number of esters is 1. The largest absolute Gasteiger partial charge is 0.423 e. The van der Waals surface area contributed by atoms with Crippen LogP contribution in [0.15, 0.2) is 48.5 Å². The molecule has 2 nitrogen and oxygen atoms in total. The molecule has 0 amide bonds. The third kappa shape index (κ3) is 2.72. The Balaban J connectivity index is 2.19. The number of rotatable bonds is 2. The van der Waals surface area contributed by atoms with Gasteiger partial charge in [-0.2, -0.15) is 0 Å². The zero-order valence-corrected chi connectivity index (χ0v) is 9.94. The van der Waals surface area contributed by atoms with Crippen molar-refractivity contribution >= 4 is 5.97 Å². The highest BCUT2D eigenvalue weighted by Gasteiger charge is 2.09. The summed E-state index contributed by atoms with van der Waals surface area (Å²) in [5.41, 5.74) is 2.68. The van der Waals surface area contributed by atoms with Crippen molar-refractivity contribution in [3.63, 3.8) is 0 Å². The van der Waals surface area contributed by atoms with E-state index in [4.69, 9.17) is 4.74 Å². The first-order valence-corrected chi connectivity index (χ1v) is 5.51. The van der Waals surface area contributed by atoms with Gasteiger partial charge in [0.05, 0.1) is 5.56 Å². The molecule has 0 heterocycles. The van der Waals surface area contributed by atoms with Gasteiger partial charge in [0.25, 0.3) is 0 Å². The lowest BCUT2D eigenvalue weighted by atomic mass is 10.1. The molecule has 17 heavy (non-hydrogen) atoms. The molecular weight excluding hydrogens is 212 g/mol. The Morgan fingerprint density at radius 3 is 2.35 bits per heavy atom. The van der Waals surface area contributed by atoms with E-state index in [1.165, 1.54) is 0 Å². The number of hydrogen-bond acceptors (Lipinski definition) is 2. The number of carbonyl (C=O) groups excluding carboxylic acids is 1. The van der Waals surface area contributed by atoms with Crippen LogP contribution in [0, 0.1) is 13.8 Å². The van der Waals surface area contributed by atoms with Crippen LogP contribution in [-0.2, 0) is 0 Å². The monoisotopic (exact) mass is 226 g/mol. The molecule has 2 aromatic carbocycles. The van der Waals surface area contributed by atoms with Crippen molar-refractivity contribution in [2.24, 2.45) is 0 Å². The minimum atomic E-state index is -0.322. The number of hydrogen-bond donors (Lipinski definition) is 0. The van der Waals surface area contributed by atoms with E-state index in [1.807, 2.05) is 50.2 Å². The van der Waals surface area contributed by atoms with E-state index in [0.717, 1.165) is 11.1 Å². The van der Waals surface area contributed by atoms with E-state index in [2.05, 4.69) is 0 Å². The van der Waals surface area contributed by atoms with Crippen LogP contribution >= 0.6 is 0 Å². The quantitative estimate of drug-likeness (QED) is 0.578. The van der Waals surface area contributed by atoms with Crippen molar-refractivity contribution in [2.45, 2.75) is 13.8 Å². The molecule has 0 radical (unpaired) electrons. The molecular formula is C15H14O2. The Morgan fingerprint density at radius 1 is 1.00 bits per heavy atom. The second-order valence-electron chi connectivity index (χ2n) is 4.02. The summed E-state index contributed by atoms with van der Waals surface area (Å²) in [5.74, 6) is 0.294. The lowest BCUT2D eigenvalue weighted by Gasteiger charge is -2.07. The molecule has 86 valence electrons. The van der Waals surface area contributed by atoms with Gasteiger partial charge in [-0.3, -0.25) is 0 Å². The summed E-state index contributed by atoms with van der Waals surface area (Å²) in [6, 6.07) is 14.7. The molecule has 0 fully saturated rings. The minimum Gasteiger partial charge on any atom is -0.423 e. The average molecular weight is 226 g/mol. The zero-order chi connectivity index (χ0) is 12.3. The summed E-state index contributed by atoms with van der Waals surface area (Å²) in [6.45, 7) is 3.94. The molecule has 0 saturated heterocycles. The lowest BCUT2D eigenvalue weighted by Crippen LogP contribution is -2.08. The van der Waals surface area contributed by atoms with Gasteiger partial charge >= 0.3 is 5.97 Å². The normalized spacial score (nSPS) is 10.0. The van der Waals surface area contributed by atoms with Crippen molar-refractivity contribution < 1.29 is 9.53 Å². The molecule has 0 aliphatic heterocycles. The van der Waals surface area contributed by atoms with Gasteiger partial charge in [0, 0.05) is 0 Å². The number of aryl methyl sites for hydroxylation is 2. The highest BCUT2D eigenvalue weighted by atomic mass is 16.5. The van der Waals surface area contributed by atoms with Crippen LogP contribution in [0.1, 0.15) is 21.5 Å². The highest BCUT2D eigenvalue weighted by molar-refractivity contribution is 5.91. The molecule has 0 bridgehead atoms. The first-order valence-electron chi connectivity index (χ1n) is 5.51. The SMILES string of the molecule is Cc1ccc(OC(=O)c2ccccc2)c(C)c1. The molecule has 0 saturated carbocycles. The van der Waals surface area contributed by atoms with Gasteiger partial charge in [0.1, 0.15) is 5.75 Å². The first-order chi connectivity index (χ1) is 8.16. The van der Waals surface area contributed by atoms with Crippen LogP contribution < -0.4 is 4.74 Å². The fourth-order valence-electron chi connectivity index (χ4n) is 1.65. The maximum absolute atomic E-state index is 11.8. The van der Waals surface area contributed by atoms with Crippen molar-refractivity contribution in [1.29, 1.82) is 0 Å². The molecule has 2 aromatic rings. The van der Waals surface area contributed by atoms with Crippen molar-refractivity contribution in [3.05, 3.63) is 65.2 Å². The predicted molar refractivity (Wildman–Crippen MR) is 67.3 cm³/mol. The predicted octanol–water partition coefficient (Wildman–Crippen LogP) is 3.52. The Labute approximate surface area is 101 Å². The lowest BCUT2D eigenvalue weighted by molar-refractivity contribution is 0.0733. The highest BCUT2D eigenvalue weighted by Crippen LogP contribution is 2.19. The second-order valence-corrected chi connectivity index (χ2v) is 4.02. The zero-order valence-electron chi connectivity index (χ0n) is 9.94. The second kappa shape index (κ2) is 4.83. The molecule has 2 rings (SSSR count). The van der Waals surface area contributed by atoms with Crippen molar-refractivity contribution in [3.8, 4) is 5.75 Å². The minimum absolute atomic E-state index is 0.322. The number of ether oxygens (including phenoxy) is 1. The Bertz CT molecular complexity index is 530. The summed E-state index contributed by atoms with van der Waals surface area (Å²) < 4.78 is 5.35. The van der Waals surface area contributed by atoms with Crippen LogP contribution in [0.4, 0.5) is 0 Å². The van der Waals surface area contributed by atoms with E-state index in [9.17, 15) is 4.79 Å². The average Bonchev–Trinajstić information content (AvgIpc) is 2.34. The topological polar surface area (TPSA) is 26.3 Å². The summed E-state index contributed by atoms with van der Waals surface area (Å²) in [5, 5.41) is 0. The standard InChI is InChI=1S/C15H14O2/c1-11-8-9-14(12(2)10-11)17-15(16)13-6-4-3-5-7-13/h3-10H,1-2H3. The van der Waals surface area contributed by atoms with Gasteiger partial charge in [-0.05, 0) is 37.6 Å². The maximum Gasteiger partial charge on any atom is 0.343 e. The Kier molecular flexibility index (Phi) is 3.24. The van der Waals surface area contributed by atoms with Crippen LogP contribution in [0.2, 0.25) is 0 Å². The molecule has 2 heteroatoms. The van der Waals surface area contributed by atoms with Gasteiger partial charge in [-0.1, -0.05) is 35.9 Å². The van der Waals surface area contributed by atoms with Crippen LogP contribution in [0.25, 0.3) is 0 Å². The van der Waals surface area contributed by atoms with Crippen molar-refractivity contribution in [2.75, 3.05) is 0 Å². The molecule has 0 aliphatic carbocycles. The van der Waals surface area contributed by atoms with Crippen LogP contribution in [0.5, 0.6) is 5.75 Å². The molecule has 0 atom stereocenters. The van der Waals surface area contributed by atoms with E-state index in [1.54, 1.807) is 12.1 Å². The molecule has 0 aliphatic rings. The van der Waals surface area contributed by atoms with E-state index in [0.29, 0.717) is 11.3 Å². The maximum atomic E-state index is 11.8. The van der Waals surface area contributed by atoms with Crippen molar-refractivity contribution in [1.82, 2.24) is 0 Å². The van der Waals surface area contributed by atoms with E-state index in [-0.39, 0.29) is 5.97 Å². The Morgan fingerprint density at radius 2 is 1.71 bits per heavy atom. The third-order valence-corrected chi connectivity index (χ3v) is 2.54. The van der Waals surface area contributed by atoms with Gasteiger partial charge in [0.2, 0.25) is 0 Å². The van der Waals surface area contributed by atoms with Gasteiger partial charge < -0.3 is 4.74 Å². The van der Waals surface area contributed by atoms with Crippen LogP contribution in [-0.4, -0.2) is 5.97 Å². The molecule has 0 aromatic heterocycles. The fraction of sp³-hybridized carbons (Fsp3) is 0.133. The fourth-order valence-corrected chi connectivity index (χ4v) is 1.65. The first kappa shape index (κ1) is 11.4. The molecule has 0 spiro atoms. The summed E-state index contributed by atoms with van der Waals surface area (Å²) in [4.78, 5) is 11.8. The third-order valence-electron chi connectivity index (χ3n) is 2.54. The van der Waals surface area contributed by atoms with E-state index < -0.39 is 0 Å². The van der Waals surface area contributed by atoms with E-state index >= 15 is 0 Å². The number of benzene rings is 2. The number of carbonyl (C=O) groups is 1. The summed E-state index contributed by atoms with van der Waals surface area (Å²) in [6.07, 6.45) is 0. The van der Waals surface area contributed by atoms with Gasteiger partial charge in [0.15, 0.2) is 0 Å². The summed E-state index contributed by atoms with van der Waals surface area (Å²) in [7, 11) is 0. The van der Waals surface area contributed by atoms with Gasteiger partial charge in [-0.25, -0.2) is 4.79 Å². The van der Waals surface area contributed by atoms with Crippen LogP contribution in [0.3, 0.4) is 0 Å². The smallest absolute Gasteiger partial charge is 0.343 e. The molecule has 0 N–H and O–H groups in total. The molecule has 0 unspecified atom stereocenters.